The van der Waals surface area contributed by atoms with Crippen molar-refractivity contribution in [3.63, 3.8) is 0 Å². The van der Waals surface area contributed by atoms with Crippen LogP contribution in [0.3, 0.4) is 0 Å². The Morgan fingerprint density at radius 2 is 1.67 bits per heavy atom. The summed E-state index contributed by atoms with van der Waals surface area (Å²) in [5, 5.41) is 4.85. The van der Waals surface area contributed by atoms with Gasteiger partial charge in [-0.05, 0) is 42.3 Å². The van der Waals surface area contributed by atoms with Crippen molar-refractivity contribution in [2.24, 2.45) is 0 Å². The van der Waals surface area contributed by atoms with Gasteiger partial charge in [0.25, 0.3) is 0 Å². The Kier molecular flexibility index (Phi) is 4.17. The number of benzene rings is 2. The second-order valence-corrected chi connectivity index (χ2v) is 6.05. The zero-order valence-electron chi connectivity index (χ0n) is 13.5. The number of nitrogens with one attached hydrogen (secondary N) is 3. The fourth-order valence-electron chi connectivity index (χ4n) is 3.11. The highest BCUT2D eigenvalue weighted by molar-refractivity contribution is 5.83. The van der Waals surface area contributed by atoms with Crippen LogP contribution in [0.25, 0.3) is 22.2 Å². The molecule has 3 N–H and O–H groups in total. The molecule has 0 saturated heterocycles. The van der Waals surface area contributed by atoms with E-state index in [0.717, 1.165) is 19.5 Å². The lowest BCUT2D eigenvalue weighted by atomic mass is 10.1. The van der Waals surface area contributed by atoms with Gasteiger partial charge in [-0.1, -0.05) is 48.5 Å². The van der Waals surface area contributed by atoms with E-state index in [4.69, 9.17) is 0 Å². The zero-order chi connectivity index (χ0) is 16.2. The number of aromatic nitrogens is 2. The molecule has 0 aliphatic heterocycles. The minimum Gasteiger partial charge on any atom is -0.361 e. The van der Waals surface area contributed by atoms with Gasteiger partial charge in [-0.25, -0.2) is 0 Å². The summed E-state index contributed by atoms with van der Waals surface area (Å²) in [5.74, 6) is 0. The van der Waals surface area contributed by atoms with Gasteiger partial charge >= 0.3 is 0 Å². The van der Waals surface area contributed by atoms with Gasteiger partial charge in [0.1, 0.15) is 0 Å². The molecule has 0 atom stereocenters. The Morgan fingerprint density at radius 1 is 0.833 bits per heavy atom. The highest BCUT2D eigenvalue weighted by Crippen LogP contribution is 2.19. The quantitative estimate of drug-likeness (QED) is 0.451. The van der Waals surface area contributed by atoms with Crippen LogP contribution in [-0.4, -0.2) is 16.5 Å². The Balaban J connectivity index is 1.32. The van der Waals surface area contributed by atoms with Crippen LogP contribution >= 0.6 is 0 Å². The first-order valence-corrected chi connectivity index (χ1v) is 8.39. The maximum absolute atomic E-state index is 3.52. The molecule has 2 aromatic heterocycles. The average Bonchev–Trinajstić information content (AvgIpc) is 3.27. The van der Waals surface area contributed by atoms with E-state index in [9.17, 15) is 0 Å². The third-order valence-corrected chi connectivity index (χ3v) is 4.39. The monoisotopic (exact) mass is 315 g/mol. The first-order chi connectivity index (χ1) is 11.9. The molecule has 0 radical (unpaired) electrons. The molecule has 4 aromatic rings. The number of hydrogen-bond acceptors (Lipinski definition) is 1. The van der Waals surface area contributed by atoms with Crippen molar-refractivity contribution in [1.29, 1.82) is 0 Å². The number of rotatable bonds is 6. The minimum atomic E-state index is 0.856. The van der Waals surface area contributed by atoms with Crippen molar-refractivity contribution < 1.29 is 0 Å². The van der Waals surface area contributed by atoms with E-state index in [1.165, 1.54) is 33.4 Å². The molecule has 2 aromatic carbocycles. The minimum absolute atomic E-state index is 0.856. The molecule has 0 amide bonds. The predicted molar refractivity (Wildman–Crippen MR) is 99.9 cm³/mol. The summed E-state index contributed by atoms with van der Waals surface area (Å²) >= 11 is 0. The maximum Gasteiger partial charge on any atom is 0.0456 e. The first kappa shape index (κ1) is 14.8. The lowest BCUT2D eigenvalue weighted by molar-refractivity contribution is 0.679. The fourth-order valence-corrected chi connectivity index (χ4v) is 3.11. The highest BCUT2D eigenvalue weighted by Gasteiger charge is 2.03. The number of aromatic amines is 2. The summed E-state index contributed by atoms with van der Waals surface area (Å²) in [6.07, 6.45) is 3.14. The molecule has 0 fully saturated rings. The van der Waals surface area contributed by atoms with Gasteiger partial charge in [0.15, 0.2) is 0 Å². The van der Waals surface area contributed by atoms with Gasteiger partial charge in [0.2, 0.25) is 0 Å². The van der Waals surface area contributed by atoms with Crippen molar-refractivity contribution in [2.45, 2.75) is 13.0 Å². The van der Waals surface area contributed by atoms with Gasteiger partial charge in [-0.2, -0.15) is 0 Å². The van der Waals surface area contributed by atoms with Gasteiger partial charge in [0, 0.05) is 35.0 Å². The van der Waals surface area contributed by atoms with Crippen LogP contribution in [0.15, 0.2) is 72.9 Å². The Morgan fingerprint density at radius 3 is 2.58 bits per heavy atom. The third kappa shape index (κ3) is 3.12. The standard InChI is InChI=1S/C21H21N3/c1-2-6-16(7-3-1)20-11-10-18(24-20)15-22-13-12-17-14-23-21-9-5-4-8-19(17)21/h1-11,14,22-24H,12-13,15H2. The van der Waals surface area contributed by atoms with Crippen LogP contribution in [0.4, 0.5) is 0 Å². The molecule has 0 bridgehead atoms. The molecule has 3 heteroatoms. The lowest BCUT2D eigenvalue weighted by Crippen LogP contribution is -2.16. The Labute approximate surface area is 141 Å². The summed E-state index contributed by atoms with van der Waals surface area (Å²) in [4.78, 5) is 6.82. The fraction of sp³-hybridized carbons (Fsp3) is 0.143. The summed E-state index contributed by atoms with van der Waals surface area (Å²) in [5.41, 5.74) is 6.19. The topological polar surface area (TPSA) is 43.6 Å². The van der Waals surface area contributed by atoms with Crippen molar-refractivity contribution >= 4 is 10.9 Å². The van der Waals surface area contributed by atoms with E-state index in [1.807, 2.05) is 6.07 Å². The lowest BCUT2D eigenvalue weighted by Gasteiger charge is -2.03. The Bertz CT molecular complexity index is 918. The molecular weight excluding hydrogens is 294 g/mol. The number of H-pyrrole nitrogens is 2. The average molecular weight is 315 g/mol. The smallest absolute Gasteiger partial charge is 0.0456 e. The first-order valence-electron chi connectivity index (χ1n) is 8.39. The zero-order valence-corrected chi connectivity index (χ0v) is 13.5. The van der Waals surface area contributed by atoms with Crippen molar-refractivity contribution in [3.8, 4) is 11.3 Å². The van der Waals surface area contributed by atoms with Gasteiger partial charge < -0.3 is 15.3 Å². The highest BCUT2D eigenvalue weighted by atomic mass is 14.9. The molecule has 0 aliphatic carbocycles. The number of fused-ring (bicyclic) bond motifs is 1. The predicted octanol–water partition coefficient (Wildman–Crippen LogP) is 4.50. The summed E-state index contributed by atoms with van der Waals surface area (Å²) < 4.78 is 0. The van der Waals surface area contributed by atoms with E-state index in [1.54, 1.807) is 0 Å². The SMILES string of the molecule is c1ccc(-c2ccc(CNCCc3c[nH]c4ccccc34)[nH]2)cc1. The molecule has 0 spiro atoms. The van der Waals surface area contributed by atoms with Crippen LogP contribution in [0.5, 0.6) is 0 Å². The van der Waals surface area contributed by atoms with Crippen LogP contribution < -0.4 is 5.32 Å². The van der Waals surface area contributed by atoms with E-state index in [0.29, 0.717) is 0 Å². The molecule has 0 saturated carbocycles. The third-order valence-electron chi connectivity index (χ3n) is 4.39. The van der Waals surface area contributed by atoms with Crippen molar-refractivity contribution in [2.75, 3.05) is 6.54 Å². The molecule has 0 aliphatic rings. The largest absolute Gasteiger partial charge is 0.361 e. The van der Waals surface area contributed by atoms with E-state index >= 15 is 0 Å². The number of hydrogen-bond donors (Lipinski definition) is 3. The van der Waals surface area contributed by atoms with Gasteiger partial charge in [0.05, 0.1) is 0 Å². The Hall–Kier alpha value is -2.78. The van der Waals surface area contributed by atoms with Gasteiger partial charge in [-0.15, -0.1) is 0 Å². The molecule has 4 rings (SSSR count). The normalized spacial score (nSPS) is 11.2. The van der Waals surface area contributed by atoms with Gasteiger partial charge in [-0.3, -0.25) is 0 Å². The summed E-state index contributed by atoms with van der Waals surface area (Å²) in [7, 11) is 0. The van der Waals surface area contributed by atoms with E-state index < -0.39 is 0 Å². The van der Waals surface area contributed by atoms with Crippen molar-refractivity contribution in [3.05, 3.63) is 84.2 Å². The van der Waals surface area contributed by atoms with Crippen LogP contribution in [0.2, 0.25) is 0 Å². The molecule has 2 heterocycles. The second-order valence-electron chi connectivity index (χ2n) is 6.05. The molecule has 120 valence electrons. The molecular formula is C21H21N3. The van der Waals surface area contributed by atoms with E-state index in [2.05, 4.69) is 82.1 Å². The number of para-hydroxylation sites is 1. The summed E-state index contributed by atoms with van der Waals surface area (Å²) in [6, 6.07) is 23.2. The molecule has 3 nitrogen and oxygen atoms in total. The van der Waals surface area contributed by atoms with Crippen LogP contribution in [0, 0.1) is 0 Å². The maximum atomic E-state index is 3.52. The second kappa shape index (κ2) is 6.77. The van der Waals surface area contributed by atoms with E-state index in [-0.39, 0.29) is 0 Å². The van der Waals surface area contributed by atoms with Crippen LogP contribution in [-0.2, 0) is 13.0 Å². The summed E-state index contributed by atoms with van der Waals surface area (Å²) in [6.45, 7) is 1.82. The van der Waals surface area contributed by atoms with Crippen molar-refractivity contribution in [1.82, 2.24) is 15.3 Å². The molecule has 24 heavy (non-hydrogen) atoms. The van der Waals surface area contributed by atoms with Crippen LogP contribution in [0.1, 0.15) is 11.3 Å². The molecule has 0 unspecified atom stereocenters.